The third kappa shape index (κ3) is 4.57. The summed E-state index contributed by atoms with van der Waals surface area (Å²) in [6.07, 6.45) is 0. The number of nitrogens with one attached hydrogen (secondary N) is 2. The molecule has 1 rings (SSSR count). The number of hydrogen-bond donors (Lipinski definition) is 2. The molecule has 2 N–H and O–H groups in total. The SMILES string of the molecule is COCC(C)NC(=S)Nc1c(F)cccc1Br. The maximum absolute atomic E-state index is 13.5. The van der Waals surface area contributed by atoms with E-state index in [1.807, 2.05) is 6.92 Å². The molecule has 0 fully saturated rings. The summed E-state index contributed by atoms with van der Waals surface area (Å²) in [5, 5.41) is 6.16. The topological polar surface area (TPSA) is 33.3 Å². The molecule has 1 unspecified atom stereocenters. The number of thiocarbonyl (C=S) groups is 1. The van der Waals surface area contributed by atoms with Gasteiger partial charge in [0.2, 0.25) is 0 Å². The number of anilines is 1. The van der Waals surface area contributed by atoms with Gasteiger partial charge in [0.15, 0.2) is 5.11 Å². The first-order chi connectivity index (χ1) is 8.04. The van der Waals surface area contributed by atoms with E-state index in [0.717, 1.165) is 0 Å². The summed E-state index contributed by atoms with van der Waals surface area (Å²) in [6.45, 7) is 2.45. The number of para-hydroxylation sites is 1. The third-order valence-corrected chi connectivity index (χ3v) is 2.88. The van der Waals surface area contributed by atoms with Gasteiger partial charge >= 0.3 is 0 Å². The minimum Gasteiger partial charge on any atom is -0.383 e. The predicted octanol–water partition coefficient (Wildman–Crippen LogP) is 2.91. The Bertz CT molecular complexity index is 383. The molecule has 0 amide bonds. The molecule has 0 saturated carbocycles. The van der Waals surface area contributed by atoms with Crippen molar-refractivity contribution in [2.24, 2.45) is 0 Å². The molecule has 6 heteroatoms. The van der Waals surface area contributed by atoms with E-state index in [2.05, 4.69) is 26.6 Å². The number of rotatable bonds is 4. The predicted molar refractivity (Wildman–Crippen MR) is 74.8 cm³/mol. The Balaban J connectivity index is 2.62. The second-order valence-electron chi connectivity index (χ2n) is 3.55. The van der Waals surface area contributed by atoms with E-state index < -0.39 is 0 Å². The minimum atomic E-state index is -0.358. The standard InChI is InChI=1S/C11H14BrFN2OS/c1-7(6-16-2)14-11(17)15-10-8(12)4-3-5-9(10)13/h3-5,7H,6H2,1-2H3,(H2,14,15,17). The Morgan fingerprint density at radius 1 is 1.59 bits per heavy atom. The van der Waals surface area contributed by atoms with Crippen LogP contribution in [-0.4, -0.2) is 24.9 Å². The van der Waals surface area contributed by atoms with Crippen LogP contribution in [0, 0.1) is 5.82 Å². The summed E-state index contributed by atoms with van der Waals surface area (Å²) in [7, 11) is 1.61. The molecule has 1 atom stereocenters. The lowest BCUT2D eigenvalue weighted by Gasteiger charge is -2.17. The van der Waals surface area contributed by atoms with Gasteiger partial charge in [0.05, 0.1) is 12.3 Å². The van der Waals surface area contributed by atoms with E-state index in [-0.39, 0.29) is 11.9 Å². The molecule has 0 bridgehead atoms. The average molecular weight is 321 g/mol. The fourth-order valence-corrected chi connectivity index (χ4v) is 2.03. The maximum Gasteiger partial charge on any atom is 0.171 e. The van der Waals surface area contributed by atoms with Gasteiger partial charge in [0, 0.05) is 17.6 Å². The highest BCUT2D eigenvalue weighted by Gasteiger charge is 2.09. The van der Waals surface area contributed by atoms with Crippen molar-refractivity contribution in [2.45, 2.75) is 13.0 Å². The van der Waals surface area contributed by atoms with Crippen LogP contribution in [0.4, 0.5) is 10.1 Å². The molecule has 0 aliphatic carbocycles. The molecule has 17 heavy (non-hydrogen) atoms. The van der Waals surface area contributed by atoms with Crippen LogP contribution >= 0.6 is 28.1 Å². The highest BCUT2D eigenvalue weighted by Crippen LogP contribution is 2.24. The molecule has 0 spiro atoms. The highest BCUT2D eigenvalue weighted by molar-refractivity contribution is 9.10. The summed E-state index contributed by atoms with van der Waals surface area (Å²) in [6, 6.07) is 4.79. The van der Waals surface area contributed by atoms with Crippen LogP contribution in [0.2, 0.25) is 0 Å². The van der Waals surface area contributed by atoms with Crippen LogP contribution in [0.5, 0.6) is 0 Å². The molecule has 0 aliphatic rings. The van der Waals surface area contributed by atoms with E-state index in [1.165, 1.54) is 6.07 Å². The second kappa shape index (κ2) is 6.88. The van der Waals surface area contributed by atoms with Crippen molar-refractivity contribution in [2.75, 3.05) is 19.0 Å². The molecule has 3 nitrogen and oxygen atoms in total. The van der Waals surface area contributed by atoms with Crippen molar-refractivity contribution in [1.29, 1.82) is 0 Å². The molecule has 94 valence electrons. The summed E-state index contributed by atoms with van der Waals surface area (Å²) in [5.41, 5.74) is 0.328. The first-order valence-corrected chi connectivity index (χ1v) is 6.25. The fourth-order valence-electron chi connectivity index (χ4n) is 1.28. The highest BCUT2D eigenvalue weighted by atomic mass is 79.9. The summed E-state index contributed by atoms with van der Waals surface area (Å²) in [4.78, 5) is 0. The first kappa shape index (κ1) is 14.3. The zero-order chi connectivity index (χ0) is 12.8. The Kier molecular flexibility index (Phi) is 5.80. The van der Waals surface area contributed by atoms with E-state index in [0.29, 0.717) is 21.9 Å². The molecular weight excluding hydrogens is 307 g/mol. The van der Waals surface area contributed by atoms with Gasteiger partial charge < -0.3 is 15.4 Å². The van der Waals surface area contributed by atoms with E-state index in [1.54, 1.807) is 19.2 Å². The third-order valence-electron chi connectivity index (χ3n) is 2.00. The van der Waals surface area contributed by atoms with Gasteiger partial charge in [-0.15, -0.1) is 0 Å². The zero-order valence-corrected chi connectivity index (χ0v) is 12.0. The van der Waals surface area contributed by atoms with Gasteiger partial charge in [-0.1, -0.05) is 6.07 Å². The molecule has 0 radical (unpaired) electrons. The molecular formula is C11H14BrFN2OS. The number of ether oxygens (including phenoxy) is 1. The van der Waals surface area contributed by atoms with Crippen molar-refractivity contribution in [3.63, 3.8) is 0 Å². The van der Waals surface area contributed by atoms with Crippen molar-refractivity contribution >= 4 is 38.9 Å². The van der Waals surface area contributed by atoms with Crippen molar-refractivity contribution in [3.05, 3.63) is 28.5 Å². The van der Waals surface area contributed by atoms with Crippen molar-refractivity contribution in [3.8, 4) is 0 Å². The van der Waals surface area contributed by atoms with Gasteiger partial charge in [-0.3, -0.25) is 0 Å². The Morgan fingerprint density at radius 2 is 2.29 bits per heavy atom. The summed E-state index contributed by atoms with van der Waals surface area (Å²) < 4.78 is 19.1. The first-order valence-electron chi connectivity index (χ1n) is 5.05. The second-order valence-corrected chi connectivity index (χ2v) is 4.81. The van der Waals surface area contributed by atoms with Crippen molar-refractivity contribution < 1.29 is 9.13 Å². The molecule has 0 heterocycles. The smallest absolute Gasteiger partial charge is 0.171 e. The lowest BCUT2D eigenvalue weighted by atomic mass is 10.3. The average Bonchev–Trinajstić information content (AvgIpc) is 2.24. The van der Waals surface area contributed by atoms with Gasteiger partial charge in [-0.05, 0) is 47.2 Å². The molecule has 0 aliphatic heterocycles. The van der Waals surface area contributed by atoms with Gasteiger partial charge in [-0.2, -0.15) is 0 Å². The zero-order valence-electron chi connectivity index (χ0n) is 9.59. The van der Waals surface area contributed by atoms with Crippen LogP contribution < -0.4 is 10.6 Å². The van der Waals surface area contributed by atoms with Crippen LogP contribution in [0.3, 0.4) is 0 Å². The van der Waals surface area contributed by atoms with Gasteiger partial charge in [0.1, 0.15) is 5.82 Å². The van der Waals surface area contributed by atoms with Gasteiger partial charge in [-0.25, -0.2) is 4.39 Å². The minimum absolute atomic E-state index is 0.0607. The lowest BCUT2D eigenvalue weighted by Crippen LogP contribution is -2.38. The Labute approximate surface area is 114 Å². The van der Waals surface area contributed by atoms with E-state index in [9.17, 15) is 4.39 Å². The monoisotopic (exact) mass is 320 g/mol. The Hall–Kier alpha value is -0.720. The number of hydrogen-bond acceptors (Lipinski definition) is 2. The Morgan fingerprint density at radius 3 is 2.88 bits per heavy atom. The summed E-state index contributed by atoms with van der Waals surface area (Å²) >= 11 is 8.34. The normalized spacial score (nSPS) is 12.0. The number of halogens is 2. The molecule has 1 aromatic rings. The number of benzene rings is 1. The van der Waals surface area contributed by atoms with Gasteiger partial charge in [0.25, 0.3) is 0 Å². The van der Waals surface area contributed by atoms with Crippen LogP contribution in [0.25, 0.3) is 0 Å². The van der Waals surface area contributed by atoms with Crippen LogP contribution in [0.1, 0.15) is 6.92 Å². The van der Waals surface area contributed by atoms with Crippen molar-refractivity contribution in [1.82, 2.24) is 5.32 Å². The largest absolute Gasteiger partial charge is 0.383 e. The quantitative estimate of drug-likeness (QED) is 0.836. The summed E-state index contributed by atoms with van der Waals surface area (Å²) in [5.74, 6) is -0.358. The van der Waals surface area contributed by atoms with E-state index in [4.69, 9.17) is 17.0 Å². The molecule has 1 aromatic carbocycles. The lowest BCUT2D eigenvalue weighted by molar-refractivity contribution is 0.179. The maximum atomic E-state index is 13.5. The van der Waals surface area contributed by atoms with Crippen LogP contribution in [-0.2, 0) is 4.74 Å². The number of methoxy groups -OCH3 is 1. The molecule has 0 aromatic heterocycles. The van der Waals surface area contributed by atoms with Crippen LogP contribution in [0.15, 0.2) is 22.7 Å². The van der Waals surface area contributed by atoms with E-state index >= 15 is 0 Å². The molecule has 0 saturated heterocycles. The fraction of sp³-hybridized carbons (Fsp3) is 0.364.